The summed E-state index contributed by atoms with van der Waals surface area (Å²) in [6.45, 7) is 0.423. The zero-order valence-electron chi connectivity index (χ0n) is 10.5. The van der Waals surface area contributed by atoms with E-state index in [9.17, 15) is 0 Å². The molecule has 0 aliphatic carbocycles. The quantitative estimate of drug-likeness (QED) is 0.726. The molecule has 0 atom stereocenters. The highest BCUT2D eigenvalue weighted by Crippen LogP contribution is 2.17. The molecule has 0 bridgehead atoms. The molecule has 6 nitrogen and oxygen atoms in total. The third kappa shape index (κ3) is 2.59. The van der Waals surface area contributed by atoms with Crippen molar-refractivity contribution in [1.82, 2.24) is 29.8 Å². The summed E-state index contributed by atoms with van der Waals surface area (Å²) >= 11 is 9.33. The van der Waals surface area contributed by atoms with Crippen LogP contribution in [0.15, 0.2) is 34.9 Å². The molecular formula is C12H10BrClN6. The fraction of sp³-hybridized carbons (Fsp3) is 0.167. The van der Waals surface area contributed by atoms with Gasteiger partial charge in [-0.3, -0.25) is 0 Å². The van der Waals surface area contributed by atoms with Crippen LogP contribution in [0.25, 0.3) is 11.4 Å². The Hall–Kier alpha value is -1.73. The summed E-state index contributed by atoms with van der Waals surface area (Å²) in [6, 6.07) is 7.75. The van der Waals surface area contributed by atoms with Crippen molar-refractivity contribution in [3.05, 3.63) is 45.9 Å². The minimum Gasteiger partial charge on any atom is -0.321 e. The number of hydrogen-bond acceptors (Lipinski definition) is 4. The number of tetrazole rings is 1. The van der Waals surface area contributed by atoms with Gasteiger partial charge in [0.15, 0.2) is 0 Å². The van der Waals surface area contributed by atoms with E-state index in [1.54, 1.807) is 10.8 Å². The SMILES string of the molecule is Cn1c(Cl)cnc1Cn1nnc(-c2ccc(Br)cc2)n1. The van der Waals surface area contributed by atoms with Crippen LogP contribution in [-0.2, 0) is 13.6 Å². The summed E-state index contributed by atoms with van der Waals surface area (Å²) < 4.78 is 2.79. The second kappa shape index (κ2) is 5.34. The number of hydrogen-bond donors (Lipinski definition) is 0. The standard InChI is InChI=1S/C12H10BrClN6/c1-19-10(14)6-15-11(19)7-20-17-12(16-18-20)8-2-4-9(13)5-3-8/h2-6H,7H2,1H3. The normalized spacial score (nSPS) is 10.9. The predicted molar refractivity (Wildman–Crippen MR) is 78.3 cm³/mol. The molecule has 0 fully saturated rings. The van der Waals surface area contributed by atoms with Crippen molar-refractivity contribution in [2.75, 3.05) is 0 Å². The second-order valence-corrected chi connectivity index (χ2v) is 5.51. The van der Waals surface area contributed by atoms with Crippen LogP contribution in [0.5, 0.6) is 0 Å². The first-order chi connectivity index (χ1) is 9.63. The number of rotatable bonds is 3. The highest BCUT2D eigenvalue weighted by Gasteiger charge is 2.09. The first kappa shape index (κ1) is 13.3. The lowest BCUT2D eigenvalue weighted by atomic mass is 10.2. The summed E-state index contributed by atoms with van der Waals surface area (Å²) in [5.41, 5.74) is 0.914. The first-order valence-electron chi connectivity index (χ1n) is 5.83. The molecule has 1 aromatic carbocycles. The molecule has 20 heavy (non-hydrogen) atoms. The number of benzene rings is 1. The van der Waals surface area contributed by atoms with Crippen molar-refractivity contribution >= 4 is 27.5 Å². The molecule has 0 N–H and O–H groups in total. The third-order valence-electron chi connectivity index (χ3n) is 2.87. The monoisotopic (exact) mass is 352 g/mol. The van der Waals surface area contributed by atoms with E-state index >= 15 is 0 Å². The van der Waals surface area contributed by atoms with Crippen molar-refractivity contribution in [3.8, 4) is 11.4 Å². The maximum atomic E-state index is 5.94. The van der Waals surface area contributed by atoms with Crippen LogP contribution < -0.4 is 0 Å². The van der Waals surface area contributed by atoms with Gasteiger partial charge in [-0.25, -0.2) is 4.98 Å². The Balaban J connectivity index is 1.83. The molecule has 8 heteroatoms. The Kier molecular flexibility index (Phi) is 3.54. The first-order valence-corrected chi connectivity index (χ1v) is 7.00. The largest absolute Gasteiger partial charge is 0.321 e. The molecule has 0 aliphatic heterocycles. The lowest BCUT2D eigenvalue weighted by molar-refractivity contribution is 0.543. The molecule has 2 heterocycles. The van der Waals surface area contributed by atoms with Crippen LogP contribution in [0.2, 0.25) is 5.15 Å². The van der Waals surface area contributed by atoms with Crippen molar-refractivity contribution in [2.24, 2.45) is 7.05 Å². The van der Waals surface area contributed by atoms with E-state index in [0.717, 1.165) is 15.9 Å². The number of halogens is 2. The Bertz CT molecular complexity index is 733. The number of nitrogens with zero attached hydrogens (tertiary/aromatic N) is 6. The van der Waals surface area contributed by atoms with Gasteiger partial charge in [0.2, 0.25) is 5.82 Å². The summed E-state index contributed by atoms with van der Waals surface area (Å²) in [7, 11) is 1.84. The molecule has 2 aromatic heterocycles. The zero-order valence-corrected chi connectivity index (χ0v) is 12.9. The highest BCUT2D eigenvalue weighted by atomic mass is 79.9. The summed E-state index contributed by atoms with van der Waals surface area (Å²) in [5.74, 6) is 1.35. The lowest BCUT2D eigenvalue weighted by Gasteiger charge is -2.00. The van der Waals surface area contributed by atoms with E-state index < -0.39 is 0 Å². The molecule has 102 valence electrons. The number of aromatic nitrogens is 6. The average Bonchev–Trinajstić information content (AvgIpc) is 3.02. The van der Waals surface area contributed by atoms with E-state index in [-0.39, 0.29) is 0 Å². The molecule has 0 spiro atoms. The van der Waals surface area contributed by atoms with Crippen molar-refractivity contribution in [3.63, 3.8) is 0 Å². The van der Waals surface area contributed by atoms with Gasteiger partial charge in [0.25, 0.3) is 0 Å². The Labute approximate surface area is 128 Å². The van der Waals surface area contributed by atoms with Crippen LogP contribution in [0, 0.1) is 0 Å². The molecule has 0 aliphatic rings. The fourth-order valence-electron chi connectivity index (χ4n) is 1.72. The highest BCUT2D eigenvalue weighted by molar-refractivity contribution is 9.10. The molecule has 3 rings (SSSR count). The molecular weight excluding hydrogens is 344 g/mol. The second-order valence-electron chi connectivity index (χ2n) is 4.21. The van der Waals surface area contributed by atoms with Crippen molar-refractivity contribution in [2.45, 2.75) is 6.54 Å². The van der Waals surface area contributed by atoms with E-state index in [1.807, 2.05) is 31.3 Å². The topological polar surface area (TPSA) is 61.4 Å². The van der Waals surface area contributed by atoms with Gasteiger partial charge < -0.3 is 4.57 Å². The summed E-state index contributed by atoms with van der Waals surface area (Å²) in [5, 5.41) is 13.0. The smallest absolute Gasteiger partial charge is 0.204 e. The minimum atomic E-state index is 0.423. The van der Waals surface area contributed by atoms with Gasteiger partial charge in [-0.05, 0) is 29.5 Å². The van der Waals surface area contributed by atoms with Crippen molar-refractivity contribution < 1.29 is 0 Å². The molecule has 0 unspecified atom stereocenters. The molecule has 0 saturated carbocycles. The summed E-state index contributed by atoms with van der Waals surface area (Å²) in [6.07, 6.45) is 1.60. The molecule has 0 amide bonds. The Morgan fingerprint density at radius 3 is 2.65 bits per heavy atom. The van der Waals surface area contributed by atoms with Gasteiger partial charge in [0.05, 0.1) is 6.20 Å². The van der Waals surface area contributed by atoms with E-state index in [1.165, 1.54) is 4.80 Å². The van der Waals surface area contributed by atoms with Crippen LogP contribution in [-0.4, -0.2) is 29.8 Å². The van der Waals surface area contributed by atoms with E-state index in [4.69, 9.17) is 11.6 Å². The van der Waals surface area contributed by atoms with Crippen LogP contribution >= 0.6 is 27.5 Å². The van der Waals surface area contributed by atoms with E-state index in [2.05, 4.69) is 36.3 Å². The Morgan fingerprint density at radius 2 is 2.00 bits per heavy atom. The third-order valence-corrected chi connectivity index (χ3v) is 3.75. The zero-order chi connectivity index (χ0) is 14.1. The Morgan fingerprint density at radius 1 is 1.25 bits per heavy atom. The van der Waals surface area contributed by atoms with Crippen LogP contribution in [0.4, 0.5) is 0 Å². The molecule has 3 aromatic rings. The number of imidazole rings is 1. The van der Waals surface area contributed by atoms with Gasteiger partial charge in [0.1, 0.15) is 17.5 Å². The van der Waals surface area contributed by atoms with Gasteiger partial charge >= 0.3 is 0 Å². The van der Waals surface area contributed by atoms with E-state index in [0.29, 0.717) is 17.5 Å². The average molecular weight is 354 g/mol. The van der Waals surface area contributed by atoms with Crippen LogP contribution in [0.1, 0.15) is 5.82 Å². The predicted octanol–water partition coefficient (Wildman–Crippen LogP) is 2.54. The molecule has 0 radical (unpaired) electrons. The van der Waals surface area contributed by atoms with Crippen molar-refractivity contribution in [1.29, 1.82) is 0 Å². The van der Waals surface area contributed by atoms with Gasteiger partial charge in [-0.2, -0.15) is 4.80 Å². The minimum absolute atomic E-state index is 0.423. The maximum Gasteiger partial charge on any atom is 0.204 e. The van der Waals surface area contributed by atoms with Crippen LogP contribution in [0.3, 0.4) is 0 Å². The lowest BCUT2D eigenvalue weighted by Crippen LogP contribution is -2.09. The maximum absolute atomic E-state index is 5.94. The fourth-order valence-corrected chi connectivity index (χ4v) is 2.13. The van der Waals surface area contributed by atoms with Gasteiger partial charge in [-0.1, -0.05) is 27.5 Å². The summed E-state index contributed by atoms with van der Waals surface area (Å²) in [4.78, 5) is 5.70. The van der Waals surface area contributed by atoms with Gasteiger partial charge in [-0.15, -0.1) is 10.2 Å². The van der Waals surface area contributed by atoms with Gasteiger partial charge in [0, 0.05) is 17.1 Å². The molecule has 0 saturated heterocycles.